The Labute approximate surface area is 234 Å². The van der Waals surface area contributed by atoms with E-state index in [1.165, 1.54) is 0 Å². The number of carbonyl (C=O) groups is 2. The Morgan fingerprint density at radius 2 is 1.74 bits per heavy atom. The van der Waals surface area contributed by atoms with Gasteiger partial charge in [0.2, 0.25) is 0 Å². The van der Waals surface area contributed by atoms with Gasteiger partial charge in [0, 0.05) is 12.3 Å². The van der Waals surface area contributed by atoms with Crippen molar-refractivity contribution in [3.8, 4) is 6.07 Å². The first-order valence-corrected chi connectivity index (χ1v) is 15.1. The van der Waals surface area contributed by atoms with Crippen LogP contribution in [0.15, 0.2) is 23.8 Å². The third kappa shape index (κ3) is 9.76. The van der Waals surface area contributed by atoms with Crippen molar-refractivity contribution in [1.29, 1.82) is 5.26 Å². The van der Waals surface area contributed by atoms with E-state index in [9.17, 15) is 25.1 Å². The van der Waals surface area contributed by atoms with Gasteiger partial charge in [-0.25, -0.2) is 0 Å². The summed E-state index contributed by atoms with van der Waals surface area (Å²) in [6.07, 6.45) is 10.4. The van der Waals surface area contributed by atoms with Crippen LogP contribution in [0.4, 0.5) is 0 Å². The van der Waals surface area contributed by atoms with Crippen LogP contribution in [0.2, 0.25) is 0 Å². The summed E-state index contributed by atoms with van der Waals surface area (Å²) in [5, 5.41) is 31.4. The summed E-state index contributed by atoms with van der Waals surface area (Å²) in [4.78, 5) is 25.9. The Morgan fingerprint density at radius 1 is 1.05 bits per heavy atom. The van der Waals surface area contributed by atoms with Crippen LogP contribution in [0.25, 0.3) is 0 Å². The molecule has 0 spiro atoms. The molecule has 0 saturated heterocycles. The molecule has 218 valence electrons. The summed E-state index contributed by atoms with van der Waals surface area (Å²) in [6, 6.07) is 2.15. The lowest BCUT2D eigenvalue weighted by atomic mass is 9.82. The second kappa shape index (κ2) is 15.0. The first-order chi connectivity index (χ1) is 18.6. The summed E-state index contributed by atoms with van der Waals surface area (Å²) >= 11 is 0. The largest absolute Gasteiger partial charge is 0.465 e. The van der Waals surface area contributed by atoms with E-state index in [1.54, 1.807) is 12.2 Å². The molecule has 0 bridgehead atoms. The number of hydrogen-bond acceptors (Lipinski definition) is 7. The Kier molecular flexibility index (Phi) is 12.1. The maximum absolute atomic E-state index is 13.0. The predicted octanol–water partition coefficient (Wildman–Crippen LogP) is 5.50. The van der Waals surface area contributed by atoms with Crippen molar-refractivity contribution >= 4 is 11.9 Å². The van der Waals surface area contributed by atoms with Gasteiger partial charge < -0.3 is 19.7 Å². The highest BCUT2D eigenvalue weighted by Crippen LogP contribution is 2.39. The standard InChI is InChI=1S/C32H49NO6/c1-20-14-21(2)16-23(4)31(36)25(18-33)8-5-6-11-29(39-30(35)17-28(34)22(3)15-20)26-9-7-10-27(26)32(37)38-19-24-12-13-24/h5-6,8,20-24,26-29,31,34,36H,7,9-17,19H2,1-4H3/b6-5+,25-8-/t20-,21+,22-,23-,26+,27+,28-,29-,31+/m0/s1. The van der Waals surface area contributed by atoms with Crippen LogP contribution in [-0.4, -0.2) is 47.1 Å². The molecule has 0 amide bonds. The second-order valence-corrected chi connectivity index (χ2v) is 12.8. The number of aliphatic hydroxyl groups excluding tert-OH is 2. The van der Waals surface area contributed by atoms with Crippen LogP contribution in [0, 0.1) is 52.8 Å². The zero-order chi connectivity index (χ0) is 28.5. The van der Waals surface area contributed by atoms with Crippen LogP contribution in [0.5, 0.6) is 0 Å². The average Bonchev–Trinajstić information content (AvgIpc) is 3.58. The minimum atomic E-state index is -0.855. The average molecular weight is 544 g/mol. The molecule has 2 fully saturated rings. The second-order valence-electron chi connectivity index (χ2n) is 12.8. The van der Waals surface area contributed by atoms with Gasteiger partial charge in [0.15, 0.2) is 0 Å². The van der Waals surface area contributed by atoms with Gasteiger partial charge in [-0.05, 0) is 80.6 Å². The van der Waals surface area contributed by atoms with Crippen molar-refractivity contribution in [1.82, 2.24) is 0 Å². The summed E-state index contributed by atoms with van der Waals surface area (Å²) in [5.41, 5.74) is 0.313. The molecule has 3 rings (SSSR count). The molecule has 2 saturated carbocycles. The van der Waals surface area contributed by atoms with Crippen molar-refractivity contribution in [2.24, 2.45) is 41.4 Å². The molecular weight excluding hydrogens is 494 g/mol. The quantitative estimate of drug-likeness (QED) is 0.449. The molecule has 7 heteroatoms. The molecule has 0 aromatic heterocycles. The third-order valence-electron chi connectivity index (χ3n) is 8.94. The Hall–Kier alpha value is -2.17. The highest BCUT2D eigenvalue weighted by atomic mass is 16.5. The van der Waals surface area contributed by atoms with Crippen LogP contribution in [-0.2, 0) is 19.1 Å². The predicted molar refractivity (Wildman–Crippen MR) is 149 cm³/mol. The summed E-state index contributed by atoms with van der Waals surface area (Å²) in [7, 11) is 0. The number of hydrogen-bond donors (Lipinski definition) is 2. The normalized spacial score (nSPS) is 39.8. The van der Waals surface area contributed by atoms with Gasteiger partial charge in [0.1, 0.15) is 6.10 Å². The van der Waals surface area contributed by atoms with Gasteiger partial charge in [0.25, 0.3) is 0 Å². The van der Waals surface area contributed by atoms with Crippen molar-refractivity contribution < 1.29 is 29.3 Å². The fourth-order valence-corrected chi connectivity index (χ4v) is 6.54. The molecule has 39 heavy (non-hydrogen) atoms. The van der Waals surface area contributed by atoms with Gasteiger partial charge in [-0.15, -0.1) is 0 Å². The van der Waals surface area contributed by atoms with E-state index in [4.69, 9.17) is 9.47 Å². The number of cyclic esters (lactones) is 1. The zero-order valence-corrected chi connectivity index (χ0v) is 24.3. The van der Waals surface area contributed by atoms with Gasteiger partial charge in [0.05, 0.1) is 42.8 Å². The topological polar surface area (TPSA) is 117 Å². The first kappa shape index (κ1) is 31.4. The van der Waals surface area contributed by atoms with E-state index < -0.39 is 24.3 Å². The molecule has 1 heterocycles. The molecule has 0 aromatic rings. The van der Waals surface area contributed by atoms with Gasteiger partial charge >= 0.3 is 11.9 Å². The first-order valence-electron chi connectivity index (χ1n) is 15.1. The maximum atomic E-state index is 13.0. The maximum Gasteiger partial charge on any atom is 0.309 e. The smallest absolute Gasteiger partial charge is 0.309 e. The molecule has 1 aliphatic heterocycles. The van der Waals surface area contributed by atoms with E-state index in [2.05, 4.69) is 19.9 Å². The SMILES string of the molecule is C[C@@H]1C[C@H](C)C[C@H](C)[C@@H](O)CC(=O)O[C@H]([C@@H]2CCC[C@H]2C(=O)OCC2CC2)C/C=C/C=C(/C#N)[C@H](O)[C@@H](C)C1. The molecule has 0 radical (unpaired) electrons. The molecule has 2 aliphatic carbocycles. The lowest BCUT2D eigenvalue weighted by Gasteiger charge is -2.29. The van der Waals surface area contributed by atoms with E-state index in [0.29, 0.717) is 42.8 Å². The highest BCUT2D eigenvalue weighted by Gasteiger charge is 2.41. The lowest BCUT2D eigenvalue weighted by Crippen LogP contribution is -2.35. The van der Waals surface area contributed by atoms with Crippen molar-refractivity contribution in [3.63, 3.8) is 0 Å². The van der Waals surface area contributed by atoms with Crippen molar-refractivity contribution in [3.05, 3.63) is 23.8 Å². The van der Waals surface area contributed by atoms with Crippen LogP contribution >= 0.6 is 0 Å². The Balaban J connectivity index is 1.80. The highest BCUT2D eigenvalue weighted by molar-refractivity contribution is 5.74. The molecule has 3 aliphatic rings. The van der Waals surface area contributed by atoms with E-state index in [0.717, 1.165) is 44.9 Å². The van der Waals surface area contributed by atoms with Crippen LogP contribution < -0.4 is 0 Å². The number of ether oxygens (including phenoxy) is 2. The number of rotatable bonds is 4. The fraction of sp³-hybridized carbons (Fsp3) is 0.781. The number of nitriles is 1. The number of aliphatic hydroxyl groups is 2. The van der Waals surface area contributed by atoms with Crippen molar-refractivity contribution in [2.75, 3.05) is 6.61 Å². The fourth-order valence-electron chi connectivity index (χ4n) is 6.54. The number of esters is 2. The molecule has 0 unspecified atom stereocenters. The van der Waals surface area contributed by atoms with E-state index >= 15 is 0 Å². The molecule has 7 nitrogen and oxygen atoms in total. The van der Waals surface area contributed by atoms with Gasteiger partial charge in [-0.1, -0.05) is 46.3 Å². The summed E-state index contributed by atoms with van der Waals surface area (Å²) in [6.45, 7) is 8.72. The lowest BCUT2D eigenvalue weighted by molar-refractivity contribution is -0.161. The van der Waals surface area contributed by atoms with Gasteiger partial charge in [-0.3, -0.25) is 9.59 Å². The molecule has 2 N–H and O–H groups in total. The monoisotopic (exact) mass is 543 g/mol. The minimum absolute atomic E-state index is 0.0650. The van der Waals surface area contributed by atoms with Crippen molar-refractivity contribution in [2.45, 2.75) is 110 Å². The van der Waals surface area contributed by atoms with E-state index in [-0.39, 0.29) is 36.1 Å². The third-order valence-corrected chi connectivity index (χ3v) is 8.94. The molecular formula is C32H49NO6. The summed E-state index contributed by atoms with van der Waals surface area (Å²) < 4.78 is 11.6. The Bertz CT molecular complexity index is 918. The Morgan fingerprint density at radius 3 is 2.41 bits per heavy atom. The number of nitrogens with zero attached hydrogens (tertiary/aromatic N) is 1. The zero-order valence-electron chi connectivity index (χ0n) is 24.3. The summed E-state index contributed by atoms with van der Waals surface area (Å²) in [5.74, 6) is -0.0822. The van der Waals surface area contributed by atoms with Crippen LogP contribution in [0.3, 0.4) is 0 Å². The van der Waals surface area contributed by atoms with Gasteiger partial charge in [-0.2, -0.15) is 5.26 Å². The molecule has 9 atom stereocenters. The minimum Gasteiger partial charge on any atom is -0.465 e. The molecule has 0 aromatic carbocycles. The van der Waals surface area contributed by atoms with Crippen LogP contribution in [0.1, 0.15) is 91.9 Å². The van der Waals surface area contributed by atoms with E-state index in [1.807, 2.05) is 19.9 Å². The number of carbonyl (C=O) groups excluding carboxylic acids is 2. The number of allylic oxidation sites excluding steroid dienone is 2.